The number of allylic oxidation sites excluding steroid dienone is 1. The molecular weight excluding hydrogens is 592 g/mol. The second-order valence-electron chi connectivity index (χ2n) is 11.1. The number of rotatable bonds is 14. The van der Waals surface area contributed by atoms with Gasteiger partial charge >= 0.3 is 5.97 Å². The number of hydrogen-bond acceptors (Lipinski definition) is 6. The Kier molecular flexibility index (Phi) is 10.2. The van der Waals surface area contributed by atoms with E-state index in [4.69, 9.17) is 4.74 Å². The van der Waals surface area contributed by atoms with Crippen molar-refractivity contribution in [3.63, 3.8) is 0 Å². The summed E-state index contributed by atoms with van der Waals surface area (Å²) in [6.07, 6.45) is 7.77. The number of fused-ring (bicyclic) bond motifs is 1. The van der Waals surface area contributed by atoms with Gasteiger partial charge < -0.3 is 19.6 Å². The molecule has 3 unspecified atom stereocenters. The highest BCUT2D eigenvalue weighted by molar-refractivity contribution is 9.09. The lowest BCUT2D eigenvalue weighted by atomic mass is 9.71. The molecule has 7 nitrogen and oxygen atoms in total. The lowest BCUT2D eigenvalue weighted by molar-refractivity contribution is -0.154. The molecule has 2 amide bonds. The van der Waals surface area contributed by atoms with Gasteiger partial charge in [0.1, 0.15) is 6.04 Å². The first kappa shape index (κ1) is 30.8. The highest BCUT2D eigenvalue weighted by Gasteiger charge is 2.76. The Bertz CT molecular complexity index is 1120. The number of halogens is 1. The Morgan fingerprint density at radius 1 is 1.20 bits per heavy atom. The summed E-state index contributed by atoms with van der Waals surface area (Å²) >= 11 is 5.43. The normalized spacial score (nSPS) is 28.4. The lowest BCUT2D eigenvalue weighted by Crippen LogP contribution is -2.56. The first-order chi connectivity index (χ1) is 19.2. The van der Waals surface area contributed by atoms with Gasteiger partial charge in [-0.1, -0.05) is 46.3 Å². The van der Waals surface area contributed by atoms with Crippen molar-refractivity contribution in [1.29, 1.82) is 0 Å². The number of aliphatic hydroxyl groups is 1. The number of esters is 1. The summed E-state index contributed by atoms with van der Waals surface area (Å²) in [6.45, 7) is 12.6. The van der Waals surface area contributed by atoms with Gasteiger partial charge in [-0.2, -0.15) is 0 Å². The van der Waals surface area contributed by atoms with Crippen molar-refractivity contribution in [1.82, 2.24) is 4.90 Å². The number of amides is 2. The van der Waals surface area contributed by atoms with Crippen LogP contribution in [-0.4, -0.2) is 75.0 Å². The zero-order valence-corrected chi connectivity index (χ0v) is 25.9. The summed E-state index contributed by atoms with van der Waals surface area (Å²) < 4.78 is 4.98. The fourth-order valence-corrected chi connectivity index (χ4v) is 10.4. The Balaban J connectivity index is 1.71. The van der Waals surface area contributed by atoms with E-state index in [9.17, 15) is 19.5 Å². The van der Waals surface area contributed by atoms with E-state index in [0.29, 0.717) is 39.0 Å². The number of alkyl halides is 1. The Morgan fingerprint density at radius 3 is 2.58 bits per heavy atom. The van der Waals surface area contributed by atoms with E-state index in [0.717, 1.165) is 36.1 Å². The summed E-state index contributed by atoms with van der Waals surface area (Å²) in [5.41, 5.74) is 2.78. The first-order valence-electron chi connectivity index (χ1n) is 14.2. The molecule has 1 aromatic carbocycles. The zero-order chi connectivity index (χ0) is 29.0. The molecule has 3 aliphatic heterocycles. The maximum atomic E-state index is 14.7. The van der Waals surface area contributed by atoms with Crippen molar-refractivity contribution in [2.45, 2.75) is 73.2 Å². The van der Waals surface area contributed by atoms with Crippen LogP contribution in [0.4, 0.5) is 5.69 Å². The molecule has 1 aromatic rings. The minimum Gasteiger partial charge on any atom is -0.465 e. The third-order valence-electron chi connectivity index (χ3n) is 8.44. The molecular formula is C31H41BrN2O5S. The summed E-state index contributed by atoms with van der Waals surface area (Å²) in [5.74, 6) is -1.88. The fraction of sp³-hybridized carbons (Fsp3) is 0.581. The Labute approximate surface area is 250 Å². The molecule has 218 valence electrons. The van der Waals surface area contributed by atoms with E-state index in [1.54, 1.807) is 27.6 Å². The van der Waals surface area contributed by atoms with Crippen molar-refractivity contribution >= 4 is 51.2 Å². The third kappa shape index (κ3) is 5.53. The molecule has 3 aliphatic rings. The molecule has 3 saturated heterocycles. The molecule has 1 N–H and O–H groups in total. The molecule has 40 heavy (non-hydrogen) atoms. The van der Waals surface area contributed by atoms with Crippen LogP contribution in [0, 0.1) is 25.7 Å². The van der Waals surface area contributed by atoms with Crippen LogP contribution in [0.5, 0.6) is 0 Å². The summed E-state index contributed by atoms with van der Waals surface area (Å²) in [6, 6.07) is 5.20. The highest BCUT2D eigenvalue weighted by Crippen LogP contribution is 2.68. The van der Waals surface area contributed by atoms with E-state index < -0.39 is 22.6 Å². The number of thioether (sulfide) groups is 1. The number of aliphatic hydroxyl groups excluding tert-OH is 1. The van der Waals surface area contributed by atoms with E-state index in [-0.39, 0.29) is 34.5 Å². The van der Waals surface area contributed by atoms with Gasteiger partial charge in [0.25, 0.3) is 5.91 Å². The molecule has 0 aromatic heterocycles. The Morgan fingerprint density at radius 2 is 1.93 bits per heavy atom. The van der Waals surface area contributed by atoms with Gasteiger partial charge in [-0.3, -0.25) is 14.4 Å². The van der Waals surface area contributed by atoms with Crippen LogP contribution >= 0.6 is 27.7 Å². The molecule has 0 aliphatic carbocycles. The fourth-order valence-electron chi connectivity index (χ4n) is 6.77. The van der Waals surface area contributed by atoms with Crippen molar-refractivity contribution in [2.24, 2.45) is 11.8 Å². The van der Waals surface area contributed by atoms with Crippen LogP contribution in [0.2, 0.25) is 0 Å². The number of nitrogens with zero attached hydrogens (tertiary/aromatic N) is 2. The number of carbonyl (C=O) groups excluding carboxylic acids is 3. The number of likely N-dealkylation sites (tertiary alicyclic amines) is 1. The van der Waals surface area contributed by atoms with Gasteiger partial charge in [0, 0.05) is 35.5 Å². The first-order valence-corrected chi connectivity index (χ1v) is 16.0. The molecule has 6 atom stereocenters. The van der Waals surface area contributed by atoms with E-state index in [1.807, 2.05) is 38.1 Å². The average molecular weight is 634 g/mol. The molecule has 0 saturated carbocycles. The minimum atomic E-state index is -0.741. The van der Waals surface area contributed by atoms with Crippen LogP contribution in [0.25, 0.3) is 0 Å². The second kappa shape index (κ2) is 13.3. The largest absolute Gasteiger partial charge is 0.465 e. The van der Waals surface area contributed by atoms with Crippen LogP contribution in [0.15, 0.2) is 43.5 Å². The van der Waals surface area contributed by atoms with Crippen molar-refractivity contribution in [2.75, 3.05) is 31.2 Å². The predicted octanol–water partition coefficient (Wildman–Crippen LogP) is 4.96. The van der Waals surface area contributed by atoms with Gasteiger partial charge in [-0.25, -0.2) is 0 Å². The predicted molar refractivity (Wildman–Crippen MR) is 164 cm³/mol. The number of ether oxygens (including phenoxy) is 1. The zero-order valence-electron chi connectivity index (χ0n) is 23.5. The van der Waals surface area contributed by atoms with Crippen molar-refractivity contribution in [3.05, 3.63) is 54.6 Å². The van der Waals surface area contributed by atoms with Crippen LogP contribution < -0.4 is 4.90 Å². The van der Waals surface area contributed by atoms with E-state index >= 15 is 0 Å². The van der Waals surface area contributed by atoms with Gasteiger partial charge in [0.2, 0.25) is 5.91 Å². The van der Waals surface area contributed by atoms with Crippen LogP contribution in [0.3, 0.4) is 0 Å². The maximum Gasteiger partial charge on any atom is 0.310 e. The molecule has 9 heteroatoms. The van der Waals surface area contributed by atoms with Gasteiger partial charge in [0.15, 0.2) is 0 Å². The van der Waals surface area contributed by atoms with Gasteiger partial charge in [-0.05, 0) is 63.5 Å². The summed E-state index contributed by atoms with van der Waals surface area (Å²) in [5, 5.41) is 9.29. The Hall–Kier alpha value is -2.10. The van der Waals surface area contributed by atoms with Crippen molar-refractivity contribution in [3.8, 4) is 0 Å². The lowest BCUT2D eigenvalue weighted by Gasteiger charge is -2.38. The quantitative estimate of drug-likeness (QED) is 0.135. The molecule has 0 radical (unpaired) electrons. The summed E-state index contributed by atoms with van der Waals surface area (Å²) in [7, 11) is 0. The number of unbranched alkanes of at least 4 members (excludes halogenated alkanes) is 3. The number of benzene rings is 1. The topological polar surface area (TPSA) is 87.2 Å². The molecule has 3 heterocycles. The monoisotopic (exact) mass is 632 g/mol. The van der Waals surface area contributed by atoms with E-state index in [1.165, 1.54) is 0 Å². The number of anilines is 1. The molecule has 3 fully saturated rings. The summed E-state index contributed by atoms with van der Waals surface area (Å²) in [4.78, 5) is 45.8. The van der Waals surface area contributed by atoms with Crippen LogP contribution in [0.1, 0.15) is 49.7 Å². The van der Waals surface area contributed by atoms with Crippen molar-refractivity contribution < 1.29 is 24.2 Å². The number of hydrogen-bond donors (Lipinski definition) is 1. The SMILES string of the molecule is C=CCCCCOC(=O)[C@H]1[C@@H]2SC3(CC2Br)C(C(=O)N(CC=C)c2c(C)cccc2C)N(CCCCO)C(=O)[C@H]13. The number of para-hydroxylation sites is 1. The number of aryl methyl sites for hydroxylation is 2. The minimum absolute atomic E-state index is 0.0133. The standard InChI is InChI=1S/C31H41BrN2O5S/c1-5-7-8-11-18-39-30(38)23-24-28(36)34(16-9-10-17-35)27(31(24)19-22(32)26(23)40-31)29(37)33(15-6-2)25-20(3)13-12-14-21(25)4/h5-6,12-14,22-24,26-27,35H,1-2,7-11,15-19H2,3-4H3/t22?,23-,24+,26-,27?,31?/m1/s1. The smallest absolute Gasteiger partial charge is 0.310 e. The number of carbonyl (C=O) groups is 3. The second-order valence-corrected chi connectivity index (χ2v) is 13.8. The maximum absolute atomic E-state index is 14.7. The third-order valence-corrected chi connectivity index (χ3v) is 11.7. The molecule has 1 spiro atoms. The molecule has 4 rings (SSSR count). The van der Waals surface area contributed by atoms with E-state index in [2.05, 4.69) is 29.1 Å². The van der Waals surface area contributed by atoms with Gasteiger partial charge in [0.05, 0.1) is 23.2 Å². The average Bonchev–Trinajstić information content (AvgIpc) is 3.51. The molecule has 2 bridgehead atoms. The van der Waals surface area contributed by atoms with Crippen LogP contribution in [-0.2, 0) is 19.1 Å². The van der Waals surface area contributed by atoms with Gasteiger partial charge in [-0.15, -0.1) is 24.9 Å². The highest BCUT2D eigenvalue weighted by atomic mass is 79.9.